The number of hydrogen-bond donors (Lipinski definition) is 2. The Morgan fingerprint density at radius 2 is 1.58 bits per heavy atom. The maximum absolute atomic E-state index is 12.5. The van der Waals surface area contributed by atoms with E-state index in [1.165, 1.54) is 0 Å². The van der Waals surface area contributed by atoms with Crippen LogP contribution < -0.4 is 0 Å². The topological polar surface area (TPSA) is 81.1 Å². The van der Waals surface area contributed by atoms with Crippen LogP contribution in [0.4, 0.5) is 13.2 Å². The Morgan fingerprint density at radius 3 is 1.96 bits per heavy atom. The lowest BCUT2D eigenvalue weighted by Crippen LogP contribution is -2.41. The van der Waals surface area contributed by atoms with Crippen LogP contribution in [-0.2, 0) is 22.3 Å². The minimum absolute atomic E-state index is 0.522. The highest BCUT2D eigenvalue weighted by Gasteiger charge is 2.30. The van der Waals surface area contributed by atoms with E-state index in [-0.39, 0.29) is 0 Å². The maximum Gasteiger partial charge on any atom is 0.416 e. The fraction of sp³-hybridized carbons (Fsp3) is 0.529. The van der Waals surface area contributed by atoms with Gasteiger partial charge in [-0.1, -0.05) is 12.1 Å². The Bertz CT molecular complexity index is 585. The largest absolute Gasteiger partial charge is 0.473 e. The number of halogens is 3. The summed E-state index contributed by atoms with van der Waals surface area (Å²) in [5, 5.41) is 14.8. The zero-order valence-electron chi connectivity index (χ0n) is 14.7. The molecule has 6 nitrogen and oxygen atoms in total. The molecular weight excluding hydrogens is 353 g/mol. The van der Waals surface area contributed by atoms with Crippen molar-refractivity contribution >= 4 is 11.9 Å². The van der Waals surface area contributed by atoms with Gasteiger partial charge in [-0.05, 0) is 57.7 Å². The first-order chi connectivity index (χ1) is 12.0. The van der Waals surface area contributed by atoms with E-state index in [9.17, 15) is 13.2 Å². The summed E-state index contributed by atoms with van der Waals surface area (Å²) >= 11 is 0. The Morgan fingerprint density at radius 1 is 1.12 bits per heavy atom. The lowest BCUT2D eigenvalue weighted by atomic mass is 10.0. The van der Waals surface area contributed by atoms with Crippen LogP contribution in [-0.4, -0.2) is 65.2 Å². The van der Waals surface area contributed by atoms with Gasteiger partial charge in [0, 0.05) is 12.6 Å². The quantitative estimate of drug-likeness (QED) is 0.789. The number of rotatable bonds is 3. The molecule has 1 aliphatic heterocycles. The van der Waals surface area contributed by atoms with Crippen molar-refractivity contribution in [2.45, 2.75) is 31.6 Å². The first-order valence-electron chi connectivity index (χ1n) is 8.02. The summed E-state index contributed by atoms with van der Waals surface area (Å²) in [5.41, 5.74) is 0.350. The molecule has 9 heteroatoms. The number of carboxylic acids is 2. The zero-order chi connectivity index (χ0) is 19.9. The molecule has 1 saturated heterocycles. The summed E-state index contributed by atoms with van der Waals surface area (Å²) in [7, 11) is 4.17. The van der Waals surface area contributed by atoms with E-state index in [0.29, 0.717) is 12.6 Å². The summed E-state index contributed by atoms with van der Waals surface area (Å²) in [6.45, 7) is 2.87. The summed E-state index contributed by atoms with van der Waals surface area (Å²) in [6.07, 6.45) is -2.01. The summed E-state index contributed by atoms with van der Waals surface area (Å²) in [6, 6.07) is 6.01. The molecule has 0 spiro atoms. The van der Waals surface area contributed by atoms with Gasteiger partial charge >= 0.3 is 18.1 Å². The average Bonchev–Trinajstić information content (AvgIpc) is 2.55. The molecule has 0 radical (unpaired) electrons. The molecule has 1 heterocycles. The van der Waals surface area contributed by atoms with Crippen molar-refractivity contribution in [3.05, 3.63) is 35.4 Å². The van der Waals surface area contributed by atoms with Crippen molar-refractivity contribution in [1.29, 1.82) is 0 Å². The van der Waals surface area contributed by atoms with E-state index < -0.39 is 23.7 Å². The minimum atomic E-state index is -4.25. The van der Waals surface area contributed by atoms with E-state index in [0.717, 1.165) is 43.6 Å². The third kappa shape index (κ3) is 7.40. The Balaban J connectivity index is 0.000000487. The lowest BCUT2D eigenvalue weighted by molar-refractivity contribution is -0.159. The summed E-state index contributed by atoms with van der Waals surface area (Å²) in [5.74, 6) is -3.65. The Labute approximate surface area is 149 Å². The van der Waals surface area contributed by atoms with Gasteiger partial charge in [0.25, 0.3) is 0 Å². The van der Waals surface area contributed by atoms with Crippen molar-refractivity contribution in [3.63, 3.8) is 0 Å². The van der Waals surface area contributed by atoms with Gasteiger partial charge in [0.15, 0.2) is 0 Å². The number of aliphatic carboxylic acids is 2. The SMILES string of the molecule is CN1CCC(N(C)Cc2ccc(C(F)(F)F)cc2)CC1.O=C(O)C(=O)O. The molecule has 1 fully saturated rings. The predicted molar refractivity (Wildman–Crippen MR) is 88.7 cm³/mol. The van der Waals surface area contributed by atoms with Gasteiger partial charge in [-0.25, -0.2) is 9.59 Å². The molecule has 2 N–H and O–H groups in total. The van der Waals surface area contributed by atoms with Gasteiger partial charge in [0.2, 0.25) is 0 Å². The van der Waals surface area contributed by atoms with Gasteiger partial charge in [-0.2, -0.15) is 13.2 Å². The van der Waals surface area contributed by atoms with Gasteiger partial charge in [0.1, 0.15) is 0 Å². The molecule has 1 aromatic rings. The highest BCUT2D eigenvalue weighted by molar-refractivity contribution is 6.27. The van der Waals surface area contributed by atoms with Gasteiger partial charge < -0.3 is 15.1 Å². The van der Waals surface area contributed by atoms with Crippen LogP contribution in [0.2, 0.25) is 0 Å². The summed E-state index contributed by atoms with van der Waals surface area (Å²) < 4.78 is 37.5. The molecule has 0 unspecified atom stereocenters. The standard InChI is InChI=1S/C15H21F3N2.C2H2O4/c1-19-9-7-14(8-10-19)20(2)11-12-3-5-13(6-4-12)15(16,17)18;3-1(4)2(5)6/h3-6,14H,7-11H2,1-2H3;(H,3,4)(H,5,6). The van der Waals surface area contributed by atoms with Crippen molar-refractivity contribution in [1.82, 2.24) is 9.80 Å². The minimum Gasteiger partial charge on any atom is -0.473 e. The van der Waals surface area contributed by atoms with Crippen molar-refractivity contribution in [2.75, 3.05) is 27.2 Å². The number of carboxylic acid groups (broad SMARTS) is 2. The maximum atomic E-state index is 12.5. The fourth-order valence-corrected chi connectivity index (χ4v) is 2.65. The lowest BCUT2D eigenvalue weighted by Gasteiger charge is -2.35. The molecule has 0 amide bonds. The van der Waals surface area contributed by atoms with E-state index in [4.69, 9.17) is 19.8 Å². The predicted octanol–water partition coefficient (Wildman–Crippen LogP) is 2.39. The molecule has 146 valence electrons. The molecule has 0 atom stereocenters. The van der Waals surface area contributed by atoms with E-state index in [2.05, 4.69) is 16.8 Å². The van der Waals surface area contributed by atoms with Crippen molar-refractivity contribution in [3.8, 4) is 0 Å². The smallest absolute Gasteiger partial charge is 0.416 e. The van der Waals surface area contributed by atoms with Crippen LogP contribution in [0.3, 0.4) is 0 Å². The second kappa shape index (κ2) is 9.54. The number of piperidine rings is 1. The third-order valence-electron chi connectivity index (χ3n) is 4.21. The Kier molecular flexibility index (Phi) is 8.04. The van der Waals surface area contributed by atoms with E-state index in [1.807, 2.05) is 7.05 Å². The van der Waals surface area contributed by atoms with Gasteiger partial charge in [0.05, 0.1) is 5.56 Å². The van der Waals surface area contributed by atoms with Crippen molar-refractivity contribution < 1.29 is 33.0 Å². The van der Waals surface area contributed by atoms with Gasteiger partial charge in [-0.15, -0.1) is 0 Å². The second-order valence-electron chi connectivity index (χ2n) is 6.25. The molecule has 1 aliphatic rings. The highest BCUT2D eigenvalue weighted by Crippen LogP contribution is 2.29. The number of benzene rings is 1. The normalized spacial score (nSPS) is 16.1. The summed E-state index contributed by atoms with van der Waals surface area (Å²) in [4.78, 5) is 22.8. The number of nitrogens with zero attached hydrogens (tertiary/aromatic N) is 2. The number of carbonyl (C=O) groups is 2. The Hall–Kier alpha value is -2.13. The van der Waals surface area contributed by atoms with Crippen LogP contribution in [0.5, 0.6) is 0 Å². The monoisotopic (exact) mass is 376 g/mol. The van der Waals surface area contributed by atoms with Crippen LogP contribution in [0.25, 0.3) is 0 Å². The molecular formula is C17H23F3N2O4. The molecule has 2 rings (SSSR count). The fourth-order valence-electron chi connectivity index (χ4n) is 2.65. The van der Waals surface area contributed by atoms with Crippen LogP contribution in [0.1, 0.15) is 24.0 Å². The molecule has 26 heavy (non-hydrogen) atoms. The molecule has 0 bridgehead atoms. The zero-order valence-corrected chi connectivity index (χ0v) is 14.7. The number of hydrogen-bond acceptors (Lipinski definition) is 4. The number of likely N-dealkylation sites (tertiary alicyclic amines) is 1. The molecule has 0 saturated carbocycles. The first kappa shape index (κ1) is 21.9. The molecule has 1 aromatic carbocycles. The van der Waals surface area contributed by atoms with Crippen LogP contribution in [0, 0.1) is 0 Å². The van der Waals surface area contributed by atoms with E-state index >= 15 is 0 Å². The first-order valence-corrected chi connectivity index (χ1v) is 8.02. The van der Waals surface area contributed by atoms with E-state index in [1.54, 1.807) is 12.1 Å². The molecule has 0 aliphatic carbocycles. The van der Waals surface area contributed by atoms with Crippen molar-refractivity contribution in [2.24, 2.45) is 0 Å². The molecule has 0 aromatic heterocycles. The van der Waals surface area contributed by atoms with Gasteiger partial charge in [-0.3, -0.25) is 4.90 Å². The third-order valence-corrected chi connectivity index (χ3v) is 4.21. The number of alkyl halides is 3. The highest BCUT2D eigenvalue weighted by atomic mass is 19.4. The van der Waals surface area contributed by atoms with Crippen LogP contribution in [0.15, 0.2) is 24.3 Å². The second-order valence-corrected chi connectivity index (χ2v) is 6.25. The average molecular weight is 376 g/mol. The van der Waals surface area contributed by atoms with Crippen LogP contribution >= 0.6 is 0 Å².